The molecule has 49 heavy (non-hydrogen) atoms. The molecule has 1 aliphatic rings. The normalized spacial score (nSPS) is 17.4. The summed E-state index contributed by atoms with van der Waals surface area (Å²) in [6, 6.07) is 37.4. The number of nitrogens with one attached hydrogen (secondary N) is 1. The maximum absolute atomic E-state index is 12.6. The Morgan fingerprint density at radius 2 is 1.67 bits per heavy atom. The number of ether oxygens (including phenoxy) is 2. The van der Waals surface area contributed by atoms with Crippen LogP contribution in [0.15, 0.2) is 133 Å². The van der Waals surface area contributed by atoms with Crippen LogP contribution in [-0.4, -0.2) is 48.1 Å². The number of rotatable bonds is 11. The Hall–Kier alpha value is -5.20. The first-order valence-corrected chi connectivity index (χ1v) is 17.0. The number of benzene rings is 4. The average molecular weight is 671 g/mol. The third kappa shape index (κ3) is 7.93. The van der Waals surface area contributed by atoms with Gasteiger partial charge >= 0.3 is 0 Å². The summed E-state index contributed by atoms with van der Waals surface area (Å²) in [5.41, 5.74) is 7.17. The van der Waals surface area contributed by atoms with Gasteiger partial charge in [-0.15, -0.1) is 5.10 Å². The largest absolute Gasteiger partial charge is 0.392 e. The predicted molar refractivity (Wildman–Crippen MR) is 186 cm³/mol. The van der Waals surface area contributed by atoms with Gasteiger partial charge in [-0.1, -0.05) is 90.6 Å². The molecule has 246 valence electrons. The Labute approximate surface area is 288 Å². The number of aliphatic hydroxyl groups is 1. The highest BCUT2D eigenvalue weighted by atomic mass is 32.2. The van der Waals surface area contributed by atoms with Gasteiger partial charge in [0.25, 0.3) is 5.91 Å². The van der Waals surface area contributed by atoms with Gasteiger partial charge in [-0.05, 0) is 74.6 Å². The molecule has 1 amide bonds. The van der Waals surface area contributed by atoms with Gasteiger partial charge in [0.2, 0.25) is 5.16 Å². The van der Waals surface area contributed by atoms with E-state index in [4.69, 9.17) is 9.47 Å². The molecule has 3 unspecified atom stereocenters. The lowest BCUT2D eigenvalue weighted by Gasteiger charge is -2.36. The van der Waals surface area contributed by atoms with Crippen LogP contribution < -0.4 is 5.32 Å². The Morgan fingerprint density at radius 3 is 2.47 bits per heavy atom. The van der Waals surface area contributed by atoms with Crippen molar-refractivity contribution >= 4 is 17.7 Å². The molecule has 4 aromatic carbocycles. The number of amides is 1. The van der Waals surface area contributed by atoms with Crippen LogP contribution in [0, 0.1) is 0 Å². The van der Waals surface area contributed by atoms with Crippen LogP contribution in [0.3, 0.4) is 0 Å². The summed E-state index contributed by atoms with van der Waals surface area (Å²) in [7, 11) is 0. The minimum atomic E-state index is -0.617. The van der Waals surface area contributed by atoms with Gasteiger partial charge in [0.1, 0.15) is 0 Å². The quantitative estimate of drug-likeness (QED) is 0.149. The van der Waals surface area contributed by atoms with E-state index in [9.17, 15) is 9.90 Å². The lowest BCUT2D eigenvalue weighted by atomic mass is 9.99. The number of nitrogens with zero attached hydrogens (tertiary/aromatic N) is 5. The van der Waals surface area contributed by atoms with Gasteiger partial charge in [0.15, 0.2) is 6.29 Å². The molecule has 0 spiro atoms. The second kappa shape index (κ2) is 15.3. The van der Waals surface area contributed by atoms with E-state index in [1.165, 1.54) is 0 Å². The van der Waals surface area contributed by atoms with E-state index in [1.54, 1.807) is 41.0 Å². The maximum Gasteiger partial charge on any atom is 0.253 e. The molecule has 2 aromatic heterocycles. The van der Waals surface area contributed by atoms with E-state index < -0.39 is 6.29 Å². The summed E-state index contributed by atoms with van der Waals surface area (Å²) in [5, 5.41) is 25.6. The number of para-hydroxylation sites is 1. The highest BCUT2D eigenvalue weighted by Gasteiger charge is 2.33. The second-order valence-corrected chi connectivity index (χ2v) is 12.6. The highest BCUT2D eigenvalue weighted by Crippen LogP contribution is 2.40. The van der Waals surface area contributed by atoms with Crippen molar-refractivity contribution in [2.75, 3.05) is 5.75 Å². The van der Waals surface area contributed by atoms with Crippen LogP contribution in [0.4, 0.5) is 0 Å². The lowest BCUT2D eigenvalue weighted by molar-refractivity contribution is -0.245. The van der Waals surface area contributed by atoms with Crippen molar-refractivity contribution in [1.82, 2.24) is 30.5 Å². The average Bonchev–Trinajstić information content (AvgIpc) is 3.66. The first-order valence-electron chi connectivity index (χ1n) is 16.0. The smallest absolute Gasteiger partial charge is 0.253 e. The van der Waals surface area contributed by atoms with Crippen LogP contribution >= 0.6 is 11.8 Å². The molecule has 3 atom stereocenters. The van der Waals surface area contributed by atoms with Gasteiger partial charge in [-0.25, -0.2) is 0 Å². The van der Waals surface area contributed by atoms with E-state index in [-0.39, 0.29) is 24.7 Å². The number of hydrogen-bond acceptors (Lipinski definition) is 9. The predicted octanol–water partition coefficient (Wildman–Crippen LogP) is 6.48. The van der Waals surface area contributed by atoms with Crippen molar-refractivity contribution in [1.29, 1.82) is 0 Å². The fourth-order valence-electron chi connectivity index (χ4n) is 5.70. The number of aliphatic hydroxyl groups excluding tert-OH is 1. The van der Waals surface area contributed by atoms with E-state index in [2.05, 4.69) is 50.1 Å². The molecule has 3 heterocycles. The summed E-state index contributed by atoms with van der Waals surface area (Å²) in [5.74, 6) is 0.446. The van der Waals surface area contributed by atoms with E-state index in [0.29, 0.717) is 29.4 Å². The summed E-state index contributed by atoms with van der Waals surface area (Å²) in [6.07, 6.45) is 2.83. The molecule has 1 saturated heterocycles. The molecular weight excluding hydrogens is 637 g/mol. The summed E-state index contributed by atoms with van der Waals surface area (Å²) in [6.45, 7) is 0.373. The molecule has 1 fully saturated rings. The zero-order valence-electron chi connectivity index (χ0n) is 26.5. The van der Waals surface area contributed by atoms with E-state index >= 15 is 0 Å². The first-order chi connectivity index (χ1) is 24.1. The minimum absolute atomic E-state index is 0.0161. The van der Waals surface area contributed by atoms with Crippen molar-refractivity contribution < 1.29 is 19.4 Å². The van der Waals surface area contributed by atoms with Crippen LogP contribution in [0.25, 0.3) is 16.8 Å². The molecule has 0 radical (unpaired) electrons. The Bertz CT molecular complexity index is 1990. The van der Waals surface area contributed by atoms with E-state index in [0.717, 1.165) is 39.1 Å². The van der Waals surface area contributed by atoms with E-state index in [1.807, 2.05) is 78.9 Å². The molecule has 0 aliphatic carbocycles. The molecule has 7 rings (SSSR count). The molecular formula is C38H34N6O4S. The third-order valence-corrected chi connectivity index (χ3v) is 9.30. The van der Waals surface area contributed by atoms with Crippen LogP contribution in [-0.2, 0) is 22.6 Å². The number of pyridine rings is 1. The van der Waals surface area contributed by atoms with Gasteiger partial charge in [-0.2, -0.15) is 4.68 Å². The highest BCUT2D eigenvalue weighted by molar-refractivity contribution is 7.99. The number of carbonyl (C=O) groups excluding carboxylic acids is 1. The van der Waals surface area contributed by atoms with Crippen LogP contribution in [0.1, 0.15) is 51.4 Å². The van der Waals surface area contributed by atoms with Crippen molar-refractivity contribution in [2.45, 2.75) is 43.2 Å². The molecule has 0 saturated carbocycles. The summed E-state index contributed by atoms with van der Waals surface area (Å²) in [4.78, 5) is 16.6. The van der Waals surface area contributed by atoms with Crippen molar-refractivity contribution in [2.24, 2.45) is 0 Å². The van der Waals surface area contributed by atoms with Crippen molar-refractivity contribution in [3.8, 4) is 16.8 Å². The molecule has 6 aromatic rings. The van der Waals surface area contributed by atoms with Gasteiger partial charge in [0.05, 0.1) is 30.1 Å². The zero-order chi connectivity index (χ0) is 33.4. The Morgan fingerprint density at radius 1 is 0.857 bits per heavy atom. The number of hydrogen-bond donors (Lipinski definition) is 2. The number of thioether (sulfide) groups is 1. The number of aromatic nitrogens is 5. The molecule has 2 N–H and O–H groups in total. The minimum Gasteiger partial charge on any atom is -0.392 e. The van der Waals surface area contributed by atoms with Crippen LogP contribution in [0.5, 0.6) is 0 Å². The van der Waals surface area contributed by atoms with Gasteiger partial charge in [-0.3, -0.25) is 9.78 Å². The zero-order valence-corrected chi connectivity index (χ0v) is 27.3. The monoisotopic (exact) mass is 670 g/mol. The summed E-state index contributed by atoms with van der Waals surface area (Å²) < 4.78 is 15.0. The molecule has 11 heteroatoms. The third-order valence-electron chi connectivity index (χ3n) is 8.25. The van der Waals surface area contributed by atoms with Crippen molar-refractivity contribution in [3.63, 3.8) is 0 Å². The number of carbonyl (C=O) groups is 1. The Balaban J connectivity index is 1.10. The first kappa shape index (κ1) is 32.4. The van der Waals surface area contributed by atoms with Crippen LogP contribution in [0.2, 0.25) is 0 Å². The summed E-state index contributed by atoms with van der Waals surface area (Å²) >= 11 is 1.54. The SMILES string of the molecule is O=C(NCc1cccc(-c2cccc(C3OC(CSc4nnnn4-c4ccccc4)CC(c4ccc(CO)cc4)O3)c2)c1)c1cccnc1. The maximum atomic E-state index is 12.6. The topological polar surface area (TPSA) is 124 Å². The molecule has 1 aliphatic heterocycles. The lowest BCUT2D eigenvalue weighted by Crippen LogP contribution is -2.31. The number of tetrazole rings is 1. The molecule has 10 nitrogen and oxygen atoms in total. The van der Waals surface area contributed by atoms with Gasteiger partial charge in [0, 0.05) is 36.7 Å². The second-order valence-electron chi connectivity index (χ2n) is 11.6. The standard InChI is InChI=1S/C38H34N6O4S/c45-24-26-14-16-28(17-15-26)35-21-34(25-49-38-41-42-43-44(38)33-12-2-1-3-13-33)47-37(48-35)31-10-5-9-30(20-31)29-8-4-7-27(19-29)22-40-36(46)32-11-6-18-39-23-32/h1-20,23,34-35,37,45H,21-22,24-25H2,(H,40,46). The molecule has 0 bridgehead atoms. The fourth-order valence-corrected chi connectivity index (χ4v) is 6.61. The van der Waals surface area contributed by atoms with Crippen molar-refractivity contribution in [3.05, 3.63) is 155 Å². The fraction of sp³-hybridized carbons (Fsp3) is 0.184. The van der Waals surface area contributed by atoms with Gasteiger partial charge < -0.3 is 19.9 Å². The Kier molecular flexibility index (Phi) is 10.1.